The monoisotopic (exact) mass is 263 g/mol. The fourth-order valence-electron chi connectivity index (χ4n) is 4.56. The SMILES string of the molecule is CC1CC(C)(C)CCC1(O)C1(C#N)CCCCCC1. The molecule has 2 aliphatic rings. The van der Waals surface area contributed by atoms with Crippen LogP contribution in [0.15, 0.2) is 0 Å². The average Bonchev–Trinajstić information content (AvgIpc) is 2.60. The Labute approximate surface area is 118 Å². The predicted octanol–water partition coefficient (Wildman–Crippen LogP) is 4.43. The van der Waals surface area contributed by atoms with Gasteiger partial charge in [-0.2, -0.15) is 5.26 Å². The van der Waals surface area contributed by atoms with Gasteiger partial charge in [0.2, 0.25) is 0 Å². The highest BCUT2D eigenvalue weighted by atomic mass is 16.3. The van der Waals surface area contributed by atoms with Crippen LogP contribution in [0.1, 0.15) is 78.6 Å². The van der Waals surface area contributed by atoms with Gasteiger partial charge in [0.25, 0.3) is 0 Å². The van der Waals surface area contributed by atoms with E-state index >= 15 is 0 Å². The van der Waals surface area contributed by atoms with Crippen LogP contribution in [0.5, 0.6) is 0 Å². The van der Waals surface area contributed by atoms with Crippen LogP contribution in [0, 0.1) is 28.1 Å². The normalized spacial score (nSPS) is 38.2. The van der Waals surface area contributed by atoms with E-state index in [0.717, 1.165) is 44.9 Å². The molecule has 2 unspecified atom stereocenters. The lowest BCUT2D eigenvalue weighted by Gasteiger charge is -2.52. The lowest BCUT2D eigenvalue weighted by Crippen LogP contribution is -2.55. The molecule has 0 aromatic carbocycles. The fourth-order valence-corrected chi connectivity index (χ4v) is 4.56. The Morgan fingerprint density at radius 1 is 1.00 bits per heavy atom. The van der Waals surface area contributed by atoms with Crippen LogP contribution in [0.25, 0.3) is 0 Å². The third kappa shape index (κ3) is 2.55. The quantitative estimate of drug-likeness (QED) is 0.711. The lowest BCUT2D eigenvalue weighted by atomic mass is 9.54. The minimum absolute atomic E-state index is 0.231. The van der Waals surface area contributed by atoms with Gasteiger partial charge in [-0.1, -0.05) is 46.5 Å². The molecule has 19 heavy (non-hydrogen) atoms. The average molecular weight is 263 g/mol. The highest BCUT2D eigenvalue weighted by Crippen LogP contribution is 2.55. The van der Waals surface area contributed by atoms with Crippen molar-refractivity contribution in [1.29, 1.82) is 5.26 Å². The Kier molecular flexibility index (Phi) is 3.98. The van der Waals surface area contributed by atoms with Crippen LogP contribution < -0.4 is 0 Å². The van der Waals surface area contributed by atoms with Crippen molar-refractivity contribution in [3.8, 4) is 6.07 Å². The first kappa shape index (κ1) is 14.9. The van der Waals surface area contributed by atoms with E-state index in [2.05, 4.69) is 26.8 Å². The molecule has 0 heterocycles. The number of nitrogens with zero attached hydrogens (tertiary/aromatic N) is 1. The van der Waals surface area contributed by atoms with E-state index < -0.39 is 11.0 Å². The van der Waals surface area contributed by atoms with E-state index in [1.165, 1.54) is 12.8 Å². The van der Waals surface area contributed by atoms with Crippen LogP contribution >= 0.6 is 0 Å². The molecule has 0 aromatic rings. The van der Waals surface area contributed by atoms with E-state index in [1.54, 1.807) is 0 Å². The smallest absolute Gasteiger partial charge is 0.0862 e. The zero-order valence-electron chi connectivity index (χ0n) is 12.8. The first-order valence-electron chi connectivity index (χ1n) is 7.99. The molecule has 2 atom stereocenters. The van der Waals surface area contributed by atoms with Crippen molar-refractivity contribution in [3.63, 3.8) is 0 Å². The van der Waals surface area contributed by atoms with Crippen molar-refractivity contribution in [2.45, 2.75) is 84.2 Å². The molecule has 1 N–H and O–H groups in total. The Balaban J connectivity index is 2.28. The van der Waals surface area contributed by atoms with E-state index in [0.29, 0.717) is 5.41 Å². The van der Waals surface area contributed by atoms with E-state index in [4.69, 9.17) is 0 Å². The van der Waals surface area contributed by atoms with Gasteiger partial charge < -0.3 is 5.11 Å². The van der Waals surface area contributed by atoms with Gasteiger partial charge in [0.15, 0.2) is 0 Å². The summed E-state index contributed by atoms with van der Waals surface area (Å²) < 4.78 is 0. The van der Waals surface area contributed by atoms with E-state index in [-0.39, 0.29) is 5.92 Å². The molecule has 2 nitrogen and oxygen atoms in total. The molecular formula is C17H29NO. The summed E-state index contributed by atoms with van der Waals surface area (Å²) in [6, 6.07) is 2.58. The second-order valence-corrected chi connectivity index (χ2v) is 7.80. The van der Waals surface area contributed by atoms with Crippen LogP contribution in [0.3, 0.4) is 0 Å². The molecular weight excluding hydrogens is 234 g/mol. The van der Waals surface area contributed by atoms with Gasteiger partial charge >= 0.3 is 0 Å². The topological polar surface area (TPSA) is 44.0 Å². The molecule has 2 fully saturated rings. The molecule has 0 aromatic heterocycles. The van der Waals surface area contributed by atoms with Crippen LogP contribution in [-0.2, 0) is 0 Å². The summed E-state index contributed by atoms with van der Waals surface area (Å²) in [7, 11) is 0. The highest BCUT2D eigenvalue weighted by Gasteiger charge is 2.56. The second-order valence-electron chi connectivity index (χ2n) is 7.80. The Hall–Kier alpha value is -0.550. The first-order chi connectivity index (χ1) is 8.85. The number of hydrogen-bond donors (Lipinski definition) is 1. The summed E-state index contributed by atoms with van der Waals surface area (Å²) in [5.41, 5.74) is -0.936. The Bertz CT molecular complexity index is 360. The van der Waals surface area contributed by atoms with Crippen molar-refractivity contribution in [2.75, 3.05) is 0 Å². The Morgan fingerprint density at radius 3 is 2.05 bits per heavy atom. The van der Waals surface area contributed by atoms with Crippen LogP contribution in [0.2, 0.25) is 0 Å². The molecule has 2 aliphatic carbocycles. The number of nitriles is 1. The van der Waals surface area contributed by atoms with E-state index in [1.807, 2.05) is 0 Å². The predicted molar refractivity (Wildman–Crippen MR) is 77.5 cm³/mol. The van der Waals surface area contributed by atoms with Gasteiger partial charge in [-0.25, -0.2) is 0 Å². The minimum Gasteiger partial charge on any atom is -0.388 e. The van der Waals surface area contributed by atoms with Gasteiger partial charge in [-0.05, 0) is 43.4 Å². The van der Waals surface area contributed by atoms with Crippen molar-refractivity contribution in [3.05, 3.63) is 0 Å². The maximum atomic E-state index is 11.3. The lowest BCUT2D eigenvalue weighted by molar-refractivity contribution is -0.144. The zero-order chi connectivity index (χ0) is 14.1. The molecule has 108 valence electrons. The number of hydrogen-bond acceptors (Lipinski definition) is 2. The standard InChI is InChI=1S/C17H29NO/c1-14-12-15(2,3)10-11-17(14,19)16(13-18)8-6-4-5-7-9-16/h14,19H,4-12H2,1-3H3. The molecule has 0 saturated heterocycles. The number of aliphatic hydroxyl groups is 1. The molecule has 2 saturated carbocycles. The second kappa shape index (κ2) is 5.09. The third-order valence-electron chi connectivity index (χ3n) is 5.86. The zero-order valence-corrected chi connectivity index (χ0v) is 12.8. The maximum absolute atomic E-state index is 11.3. The van der Waals surface area contributed by atoms with Crippen LogP contribution in [-0.4, -0.2) is 10.7 Å². The van der Waals surface area contributed by atoms with Crippen molar-refractivity contribution < 1.29 is 5.11 Å². The molecule has 2 rings (SSSR count). The molecule has 0 amide bonds. The molecule has 0 aliphatic heterocycles. The summed E-state index contributed by atoms with van der Waals surface area (Å²) in [5.74, 6) is 0.231. The van der Waals surface area contributed by atoms with Crippen molar-refractivity contribution in [1.82, 2.24) is 0 Å². The minimum atomic E-state index is -0.762. The maximum Gasteiger partial charge on any atom is 0.0862 e. The summed E-state index contributed by atoms with van der Waals surface area (Å²) in [4.78, 5) is 0. The van der Waals surface area contributed by atoms with Gasteiger partial charge in [0, 0.05) is 0 Å². The fraction of sp³-hybridized carbons (Fsp3) is 0.941. The molecule has 0 radical (unpaired) electrons. The summed E-state index contributed by atoms with van der Waals surface area (Å²) in [6.45, 7) is 6.73. The first-order valence-corrected chi connectivity index (χ1v) is 7.99. The molecule has 0 bridgehead atoms. The van der Waals surface area contributed by atoms with Gasteiger partial charge in [-0.15, -0.1) is 0 Å². The number of rotatable bonds is 1. The summed E-state index contributed by atoms with van der Waals surface area (Å²) >= 11 is 0. The van der Waals surface area contributed by atoms with E-state index in [9.17, 15) is 10.4 Å². The largest absolute Gasteiger partial charge is 0.388 e. The van der Waals surface area contributed by atoms with Gasteiger partial charge in [-0.3, -0.25) is 0 Å². The Morgan fingerprint density at radius 2 is 1.58 bits per heavy atom. The molecule has 2 heteroatoms. The summed E-state index contributed by atoms with van der Waals surface area (Å²) in [5, 5.41) is 21.2. The van der Waals surface area contributed by atoms with Crippen molar-refractivity contribution in [2.24, 2.45) is 16.7 Å². The summed E-state index contributed by atoms with van der Waals surface area (Å²) in [6.07, 6.45) is 9.31. The highest BCUT2D eigenvalue weighted by molar-refractivity contribution is 5.15. The molecule has 0 spiro atoms. The van der Waals surface area contributed by atoms with Gasteiger partial charge in [0.1, 0.15) is 0 Å². The van der Waals surface area contributed by atoms with Gasteiger partial charge in [0.05, 0.1) is 17.1 Å². The van der Waals surface area contributed by atoms with Crippen LogP contribution in [0.4, 0.5) is 0 Å². The third-order valence-corrected chi connectivity index (χ3v) is 5.86. The van der Waals surface area contributed by atoms with Crippen molar-refractivity contribution >= 4 is 0 Å².